The van der Waals surface area contributed by atoms with Crippen LogP contribution in [0.2, 0.25) is 0 Å². The Morgan fingerprint density at radius 1 is 1.50 bits per heavy atom. The molecule has 0 aromatic carbocycles. The highest BCUT2D eigenvalue weighted by Crippen LogP contribution is 2.60. The van der Waals surface area contributed by atoms with E-state index in [0.29, 0.717) is 5.92 Å². The van der Waals surface area contributed by atoms with E-state index >= 15 is 0 Å². The van der Waals surface area contributed by atoms with E-state index in [1.807, 2.05) is 0 Å². The lowest BCUT2D eigenvalue weighted by atomic mass is 9.93. The van der Waals surface area contributed by atoms with Crippen molar-refractivity contribution in [3.63, 3.8) is 0 Å². The molecule has 0 bridgehead atoms. The molecule has 1 saturated carbocycles. The molecule has 10 heavy (non-hydrogen) atoms. The second-order valence-electron chi connectivity index (χ2n) is 4.29. The Morgan fingerprint density at radius 3 is 2.00 bits per heavy atom. The van der Waals surface area contributed by atoms with E-state index in [1.165, 1.54) is 0 Å². The average Bonchev–Trinajstić information content (AvgIpc) is 2.32. The summed E-state index contributed by atoms with van der Waals surface area (Å²) < 4.78 is 0. The Balaban J connectivity index is 2.58. The van der Waals surface area contributed by atoms with E-state index in [4.69, 9.17) is 0 Å². The maximum absolute atomic E-state index is 9.93. The highest BCUT2D eigenvalue weighted by Gasteiger charge is 2.62. The van der Waals surface area contributed by atoms with Crippen LogP contribution in [0.15, 0.2) is 0 Å². The largest absolute Gasteiger partial charge is 0.389 e. The molecule has 1 rings (SSSR count). The van der Waals surface area contributed by atoms with Gasteiger partial charge in [0.2, 0.25) is 0 Å². The van der Waals surface area contributed by atoms with Crippen LogP contribution < -0.4 is 0 Å². The first kappa shape index (κ1) is 8.06. The molecule has 1 fully saturated rings. The summed E-state index contributed by atoms with van der Waals surface area (Å²) in [6, 6.07) is 0. The molecular formula is C9H18O. The zero-order valence-electron chi connectivity index (χ0n) is 7.44. The summed E-state index contributed by atoms with van der Waals surface area (Å²) in [6.07, 6.45) is 2.06. The smallest absolute Gasteiger partial charge is 0.0730 e. The molecule has 0 aromatic rings. The molecule has 1 aliphatic carbocycles. The van der Waals surface area contributed by atoms with Crippen LogP contribution >= 0.6 is 0 Å². The molecular weight excluding hydrogens is 124 g/mol. The molecule has 0 amide bonds. The van der Waals surface area contributed by atoms with Crippen molar-refractivity contribution in [1.29, 1.82) is 0 Å². The molecule has 0 radical (unpaired) electrons. The maximum atomic E-state index is 9.93. The fourth-order valence-electron chi connectivity index (χ4n) is 1.81. The van der Waals surface area contributed by atoms with Gasteiger partial charge in [-0.2, -0.15) is 0 Å². The Kier molecular flexibility index (Phi) is 1.59. The monoisotopic (exact) mass is 142 g/mol. The SMILES string of the molecule is CCC(C)C1(O)CC1(C)C. The Labute approximate surface area is 63.4 Å². The normalized spacial score (nSPS) is 39.3. The lowest BCUT2D eigenvalue weighted by Crippen LogP contribution is -2.24. The summed E-state index contributed by atoms with van der Waals surface area (Å²) in [5.41, 5.74) is -0.163. The van der Waals surface area contributed by atoms with Crippen molar-refractivity contribution >= 4 is 0 Å². The molecule has 2 atom stereocenters. The number of hydrogen-bond donors (Lipinski definition) is 1. The predicted molar refractivity (Wildman–Crippen MR) is 42.8 cm³/mol. The minimum atomic E-state index is -0.345. The van der Waals surface area contributed by atoms with E-state index in [-0.39, 0.29) is 11.0 Å². The molecule has 2 unspecified atom stereocenters. The number of aliphatic hydroxyl groups is 1. The quantitative estimate of drug-likeness (QED) is 0.626. The standard InChI is InChI=1S/C9H18O/c1-5-7(2)9(10)6-8(9,3)4/h7,10H,5-6H2,1-4H3. The Bertz CT molecular complexity index is 140. The average molecular weight is 142 g/mol. The Morgan fingerprint density at radius 2 is 1.90 bits per heavy atom. The van der Waals surface area contributed by atoms with Gasteiger partial charge < -0.3 is 5.11 Å². The van der Waals surface area contributed by atoms with Crippen molar-refractivity contribution in [2.75, 3.05) is 0 Å². The summed E-state index contributed by atoms with van der Waals surface area (Å²) >= 11 is 0. The topological polar surface area (TPSA) is 20.2 Å². The van der Waals surface area contributed by atoms with Crippen molar-refractivity contribution < 1.29 is 5.11 Å². The molecule has 1 heteroatoms. The van der Waals surface area contributed by atoms with E-state index < -0.39 is 0 Å². The van der Waals surface area contributed by atoms with Gasteiger partial charge in [-0.05, 0) is 17.8 Å². The van der Waals surface area contributed by atoms with Gasteiger partial charge in [0, 0.05) is 0 Å². The predicted octanol–water partition coefficient (Wildman–Crippen LogP) is 2.19. The molecule has 1 aliphatic rings. The fraction of sp³-hybridized carbons (Fsp3) is 1.00. The van der Waals surface area contributed by atoms with E-state index in [9.17, 15) is 5.11 Å². The van der Waals surface area contributed by atoms with Gasteiger partial charge in [-0.1, -0.05) is 34.1 Å². The minimum absolute atomic E-state index is 0.183. The van der Waals surface area contributed by atoms with Crippen LogP contribution in [0.1, 0.15) is 40.5 Å². The van der Waals surface area contributed by atoms with Crippen molar-refractivity contribution in [3.05, 3.63) is 0 Å². The van der Waals surface area contributed by atoms with Crippen molar-refractivity contribution in [2.24, 2.45) is 11.3 Å². The molecule has 0 spiro atoms. The third kappa shape index (κ3) is 0.878. The molecule has 0 saturated heterocycles. The second kappa shape index (κ2) is 1.97. The van der Waals surface area contributed by atoms with Gasteiger partial charge in [0.25, 0.3) is 0 Å². The molecule has 0 heterocycles. The third-order valence-electron chi connectivity index (χ3n) is 3.19. The van der Waals surface area contributed by atoms with Crippen LogP contribution in [-0.2, 0) is 0 Å². The first-order valence-electron chi connectivity index (χ1n) is 4.16. The highest BCUT2D eigenvalue weighted by atomic mass is 16.3. The lowest BCUT2D eigenvalue weighted by molar-refractivity contribution is 0.0525. The summed E-state index contributed by atoms with van der Waals surface area (Å²) in [5.74, 6) is 0.461. The van der Waals surface area contributed by atoms with Gasteiger partial charge in [0.05, 0.1) is 5.60 Å². The second-order valence-corrected chi connectivity index (χ2v) is 4.29. The molecule has 0 aromatic heterocycles. The number of rotatable bonds is 2. The zero-order valence-corrected chi connectivity index (χ0v) is 7.44. The molecule has 60 valence electrons. The first-order chi connectivity index (χ1) is 4.44. The summed E-state index contributed by atoms with van der Waals surface area (Å²) in [4.78, 5) is 0. The van der Waals surface area contributed by atoms with Crippen LogP contribution in [0.4, 0.5) is 0 Å². The summed E-state index contributed by atoms with van der Waals surface area (Å²) in [5, 5.41) is 9.93. The van der Waals surface area contributed by atoms with Gasteiger partial charge in [0.1, 0.15) is 0 Å². The van der Waals surface area contributed by atoms with Gasteiger partial charge >= 0.3 is 0 Å². The van der Waals surface area contributed by atoms with Crippen molar-refractivity contribution in [2.45, 2.75) is 46.1 Å². The fourth-order valence-corrected chi connectivity index (χ4v) is 1.81. The summed E-state index contributed by atoms with van der Waals surface area (Å²) in [6.45, 7) is 8.55. The van der Waals surface area contributed by atoms with Gasteiger partial charge in [-0.25, -0.2) is 0 Å². The summed E-state index contributed by atoms with van der Waals surface area (Å²) in [7, 11) is 0. The van der Waals surface area contributed by atoms with E-state index in [1.54, 1.807) is 0 Å². The van der Waals surface area contributed by atoms with Crippen LogP contribution in [0.5, 0.6) is 0 Å². The molecule has 1 N–H and O–H groups in total. The van der Waals surface area contributed by atoms with Crippen LogP contribution in [0.25, 0.3) is 0 Å². The van der Waals surface area contributed by atoms with Gasteiger partial charge in [-0.15, -0.1) is 0 Å². The first-order valence-corrected chi connectivity index (χ1v) is 4.16. The minimum Gasteiger partial charge on any atom is -0.389 e. The van der Waals surface area contributed by atoms with Crippen LogP contribution in [-0.4, -0.2) is 10.7 Å². The van der Waals surface area contributed by atoms with Crippen molar-refractivity contribution in [1.82, 2.24) is 0 Å². The van der Waals surface area contributed by atoms with E-state index in [0.717, 1.165) is 12.8 Å². The molecule has 1 nitrogen and oxygen atoms in total. The third-order valence-corrected chi connectivity index (χ3v) is 3.19. The van der Waals surface area contributed by atoms with Crippen molar-refractivity contribution in [3.8, 4) is 0 Å². The van der Waals surface area contributed by atoms with Crippen LogP contribution in [0, 0.1) is 11.3 Å². The number of hydrogen-bond acceptors (Lipinski definition) is 1. The van der Waals surface area contributed by atoms with Crippen LogP contribution in [0.3, 0.4) is 0 Å². The van der Waals surface area contributed by atoms with Gasteiger partial charge in [0.15, 0.2) is 0 Å². The lowest BCUT2D eigenvalue weighted by Gasteiger charge is -2.20. The van der Waals surface area contributed by atoms with Gasteiger partial charge in [-0.3, -0.25) is 0 Å². The maximum Gasteiger partial charge on any atom is 0.0730 e. The van der Waals surface area contributed by atoms with E-state index in [2.05, 4.69) is 27.7 Å². The molecule has 0 aliphatic heterocycles. The Hall–Kier alpha value is -0.0400. The zero-order chi connectivity index (χ0) is 7.99. The highest BCUT2D eigenvalue weighted by molar-refractivity contribution is 5.12.